The molecule has 55 heavy (non-hydrogen) atoms. The van der Waals surface area contributed by atoms with Gasteiger partial charge < -0.3 is 24.2 Å². The average Bonchev–Trinajstić information content (AvgIpc) is 3.45. The van der Waals surface area contributed by atoms with Gasteiger partial charge in [-0.2, -0.15) is 0 Å². The van der Waals surface area contributed by atoms with Crippen LogP contribution in [0.5, 0.6) is 0 Å². The Hall–Kier alpha value is -3.69. The second-order valence-electron chi connectivity index (χ2n) is 17.7. The molecule has 0 spiro atoms. The summed E-state index contributed by atoms with van der Waals surface area (Å²) < 4.78 is 12.1. The fourth-order valence-electron chi connectivity index (χ4n) is 11.8. The predicted molar refractivity (Wildman–Crippen MR) is 216 cm³/mol. The second-order valence-corrected chi connectivity index (χ2v) is 18.2. The number of carbonyl (C=O) groups is 3. The number of hydrogen-bond donors (Lipinski definition) is 0. The van der Waals surface area contributed by atoms with Crippen LogP contribution in [0, 0.1) is 34.5 Å². The van der Waals surface area contributed by atoms with E-state index in [0.717, 1.165) is 87.5 Å². The van der Waals surface area contributed by atoms with E-state index in [1.54, 1.807) is 6.92 Å². The highest BCUT2D eigenvalue weighted by molar-refractivity contribution is 6.31. The maximum atomic E-state index is 13.4. The number of esters is 2. The smallest absolute Gasteiger partial charge is 0.308 e. The number of ketones is 1. The number of carbonyl (C=O) groups excluding carboxylic acids is 3. The maximum absolute atomic E-state index is 13.4. The summed E-state index contributed by atoms with van der Waals surface area (Å²) in [5.41, 5.74) is 5.04. The highest BCUT2D eigenvalue weighted by Crippen LogP contribution is 2.66. The van der Waals surface area contributed by atoms with E-state index in [9.17, 15) is 14.4 Å². The second kappa shape index (κ2) is 15.0. The van der Waals surface area contributed by atoms with Gasteiger partial charge in [0.05, 0.1) is 29.9 Å². The van der Waals surface area contributed by atoms with E-state index >= 15 is 0 Å². The molecule has 3 saturated carbocycles. The zero-order valence-electron chi connectivity index (χ0n) is 33.2. The lowest BCUT2D eigenvalue weighted by Crippen LogP contribution is -2.51. The summed E-state index contributed by atoms with van der Waals surface area (Å²) in [6, 6.07) is 13.7. The van der Waals surface area contributed by atoms with Crippen LogP contribution in [0.4, 0.5) is 17.1 Å². The third-order valence-corrected chi connectivity index (χ3v) is 14.9. The highest BCUT2D eigenvalue weighted by atomic mass is 35.5. The first-order valence-corrected chi connectivity index (χ1v) is 21.0. The van der Waals surface area contributed by atoms with E-state index in [-0.39, 0.29) is 41.7 Å². The summed E-state index contributed by atoms with van der Waals surface area (Å²) >= 11 is 6.50. The Balaban J connectivity index is 0.896. The van der Waals surface area contributed by atoms with Crippen LogP contribution < -0.4 is 4.90 Å². The van der Waals surface area contributed by atoms with Crippen LogP contribution >= 0.6 is 11.6 Å². The Kier molecular flexibility index (Phi) is 10.4. The number of Topliss-reactive ketones (excluding diaryl/α,β-unsaturated/α-hetero) is 1. The minimum absolute atomic E-state index is 0.0277. The third kappa shape index (κ3) is 7.02. The zero-order chi connectivity index (χ0) is 38.6. The van der Waals surface area contributed by atoms with Crippen LogP contribution in [0.25, 0.3) is 0 Å². The van der Waals surface area contributed by atoms with E-state index in [4.69, 9.17) is 26.1 Å². The molecule has 2 heterocycles. The van der Waals surface area contributed by atoms with Crippen LogP contribution in [0.1, 0.15) is 97.5 Å². The zero-order valence-corrected chi connectivity index (χ0v) is 33.9. The third-order valence-electron chi connectivity index (χ3n) is 14.7. The molecule has 8 rings (SSSR count). The topological polar surface area (TPSA) is 91.7 Å². The minimum atomic E-state index is -0.681. The molecule has 2 aliphatic heterocycles. The SMILES string of the molecule is CC(=O)C1CCC2C3CC=C4CC(OC(=O)CCC(=O)OC(C)N5c6ccc(Cl)cc6N=C(N6CCN(C)CC6)c6ccccc65)CCC4(C)C3CCC12C. The van der Waals surface area contributed by atoms with Crippen LogP contribution in [0.2, 0.25) is 5.02 Å². The van der Waals surface area contributed by atoms with Crippen molar-refractivity contribution in [1.82, 2.24) is 9.80 Å². The summed E-state index contributed by atoms with van der Waals surface area (Å²) in [6.07, 6.45) is 9.69. The van der Waals surface area contributed by atoms with Gasteiger partial charge in [-0.05, 0) is 125 Å². The minimum Gasteiger partial charge on any atom is -0.462 e. The lowest BCUT2D eigenvalue weighted by atomic mass is 9.47. The molecule has 294 valence electrons. The van der Waals surface area contributed by atoms with Gasteiger partial charge in [0, 0.05) is 49.1 Å². The number of rotatable bonds is 7. The van der Waals surface area contributed by atoms with Crippen LogP contribution in [-0.4, -0.2) is 78.9 Å². The van der Waals surface area contributed by atoms with E-state index in [0.29, 0.717) is 34.2 Å². The van der Waals surface area contributed by atoms with Crippen molar-refractivity contribution >= 4 is 52.2 Å². The molecule has 0 bridgehead atoms. The van der Waals surface area contributed by atoms with Crippen molar-refractivity contribution in [2.45, 2.75) is 104 Å². The number of ether oxygens (including phenoxy) is 2. The molecule has 2 aromatic rings. The van der Waals surface area contributed by atoms with Gasteiger partial charge in [-0.1, -0.05) is 49.2 Å². The number of amidine groups is 1. The maximum Gasteiger partial charge on any atom is 0.308 e. The Morgan fingerprint density at radius 1 is 0.927 bits per heavy atom. The van der Waals surface area contributed by atoms with Crippen molar-refractivity contribution in [3.05, 3.63) is 64.7 Å². The fourth-order valence-corrected chi connectivity index (χ4v) is 11.9. The summed E-state index contributed by atoms with van der Waals surface area (Å²) in [7, 11) is 2.13. The van der Waals surface area contributed by atoms with E-state index in [2.05, 4.69) is 42.8 Å². The monoisotopic (exact) mass is 768 g/mol. The molecular weight excluding hydrogens is 712 g/mol. The van der Waals surface area contributed by atoms with E-state index < -0.39 is 12.2 Å². The molecule has 0 amide bonds. The molecule has 9 nitrogen and oxygen atoms in total. The number of aliphatic imine (C=N–C) groups is 1. The molecule has 10 heteroatoms. The van der Waals surface area contributed by atoms with Crippen molar-refractivity contribution in [2.75, 3.05) is 38.1 Å². The Bertz CT molecular complexity index is 1900. The van der Waals surface area contributed by atoms with Gasteiger partial charge in [0.2, 0.25) is 0 Å². The molecule has 2 aromatic carbocycles. The number of likely N-dealkylation sites (N-methyl/N-ethyl adjacent to an activating group) is 1. The lowest BCUT2D eigenvalue weighted by Gasteiger charge is -2.58. The predicted octanol–water partition coefficient (Wildman–Crippen LogP) is 8.87. The molecular formula is C45H57ClN4O5. The van der Waals surface area contributed by atoms with Crippen molar-refractivity contribution in [1.29, 1.82) is 0 Å². The fraction of sp³-hybridized carbons (Fsp3) is 0.600. The number of para-hydroxylation sites is 1. The number of piperazine rings is 1. The number of benzene rings is 2. The van der Waals surface area contributed by atoms with Crippen LogP contribution in [0.3, 0.4) is 0 Å². The van der Waals surface area contributed by atoms with Gasteiger partial charge in [0.1, 0.15) is 17.7 Å². The standard InChI is InChI=1S/C45H57ClN4O5/c1-28(51)35-13-14-36-33-12-10-30-26-32(18-20-44(30,3)37(33)19-21-45(35,36)4)55-42(53)17-16-41(52)54-29(2)50-39-9-7-6-8-34(39)43(49-24-22-48(5)23-25-49)47-38-27-31(46)11-15-40(38)50/h6-11,15,27,29,32-33,35-37H,12-14,16-26H2,1-5H3. The van der Waals surface area contributed by atoms with E-state index in [1.807, 2.05) is 48.2 Å². The summed E-state index contributed by atoms with van der Waals surface area (Å²) in [5.74, 6) is 2.51. The molecule has 1 saturated heterocycles. The Labute approximate surface area is 331 Å². The van der Waals surface area contributed by atoms with Gasteiger partial charge in [0.25, 0.3) is 0 Å². The summed E-state index contributed by atoms with van der Waals surface area (Å²) in [6.45, 7) is 12.1. The molecule has 4 fully saturated rings. The molecule has 6 aliphatic rings. The van der Waals surface area contributed by atoms with E-state index in [1.165, 1.54) is 18.4 Å². The molecule has 8 unspecified atom stereocenters. The quantitative estimate of drug-likeness (QED) is 0.204. The van der Waals surface area contributed by atoms with Gasteiger partial charge in [0.15, 0.2) is 6.23 Å². The summed E-state index contributed by atoms with van der Waals surface area (Å²) in [5, 5.41) is 0.579. The van der Waals surface area contributed by atoms with Gasteiger partial charge in [-0.3, -0.25) is 14.4 Å². The number of hydrogen-bond acceptors (Lipinski definition) is 9. The largest absolute Gasteiger partial charge is 0.462 e. The first-order valence-electron chi connectivity index (χ1n) is 20.6. The highest BCUT2D eigenvalue weighted by Gasteiger charge is 2.59. The number of nitrogens with zero attached hydrogens (tertiary/aromatic N) is 4. The number of halogens is 1. The normalized spacial score (nSPS) is 32.0. The lowest BCUT2D eigenvalue weighted by molar-refractivity contribution is -0.156. The first kappa shape index (κ1) is 38.2. The van der Waals surface area contributed by atoms with Gasteiger partial charge in [-0.25, -0.2) is 4.99 Å². The van der Waals surface area contributed by atoms with Crippen molar-refractivity contribution in [2.24, 2.45) is 39.5 Å². The van der Waals surface area contributed by atoms with Gasteiger partial charge >= 0.3 is 11.9 Å². The summed E-state index contributed by atoms with van der Waals surface area (Å²) in [4.78, 5) is 50.9. The Morgan fingerprint density at radius 2 is 1.69 bits per heavy atom. The number of anilines is 2. The van der Waals surface area contributed by atoms with Gasteiger partial charge in [-0.15, -0.1) is 0 Å². The molecule has 4 aliphatic carbocycles. The first-order chi connectivity index (χ1) is 26.4. The number of fused-ring (bicyclic) bond motifs is 7. The molecule has 0 aromatic heterocycles. The molecule has 0 radical (unpaired) electrons. The van der Waals surface area contributed by atoms with Crippen LogP contribution in [-0.2, 0) is 23.9 Å². The van der Waals surface area contributed by atoms with Crippen molar-refractivity contribution < 1.29 is 23.9 Å². The average molecular weight is 769 g/mol. The molecule has 0 N–H and O–H groups in total. The Morgan fingerprint density at radius 3 is 2.47 bits per heavy atom. The van der Waals surface area contributed by atoms with Crippen molar-refractivity contribution in [3.8, 4) is 0 Å². The van der Waals surface area contributed by atoms with Crippen molar-refractivity contribution in [3.63, 3.8) is 0 Å². The van der Waals surface area contributed by atoms with Crippen LogP contribution in [0.15, 0.2) is 59.1 Å². The molecule has 8 atom stereocenters. The number of allylic oxidation sites excluding steroid dienone is 1.